The summed E-state index contributed by atoms with van der Waals surface area (Å²) in [4.78, 5) is 25.8. The molecule has 1 amide bonds. The molecular weight excluding hydrogens is 270 g/mol. The number of carboxylic acid groups (broad SMARTS) is 1. The van der Waals surface area contributed by atoms with E-state index in [0.717, 1.165) is 45.4 Å². The Hall–Kier alpha value is -1.10. The Kier molecular flexibility index (Phi) is 5.62. The molecule has 21 heavy (non-hydrogen) atoms. The van der Waals surface area contributed by atoms with E-state index in [2.05, 4.69) is 6.92 Å². The largest absolute Gasteiger partial charge is 0.481 e. The molecule has 1 aliphatic heterocycles. The zero-order valence-corrected chi connectivity index (χ0v) is 13.1. The molecule has 0 aromatic rings. The summed E-state index contributed by atoms with van der Waals surface area (Å²) in [7, 11) is 1.82. The molecule has 0 radical (unpaired) electrons. The number of hydrogen-bond acceptors (Lipinski definition) is 3. The lowest BCUT2D eigenvalue weighted by Gasteiger charge is -2.29. The van der Waals surface area contributed by atoms with Gasteiger partial charge >= 0.3 is 5.97 Å². The highest BCUT2D eigenvalue weighted by atomic mass is 16.5. The van der Waals surface area contributed by atoms with Crippen LogP contribution in [0.5, 0.6) is 0 Å². The first-order valence-corrected chi connectivity index (χ1v) is 8.08. The quantitative estimate of drug-likeness (QED) is 0.843. The number of carboxylic acids is 1. The Balaban J connectivity index is 1.94. The summed E-state index contributed by atoms with van der Waals surface area (Å²) in [5.74, 6) is -0.777. The maximum absolute atomic E-state index is 12.6. The lowest BCUT2D eigenvalue weighted by Crippen LogP contribution is -2.40. The van der Waals surface area contributed by atoms with Gasteiger partial charge in [-0.2, -0.15) is 0 Å². The molecule has 0 aromatic heterocycles. The van der Waals surface area contributed by atoms with Gasteiger partial charge in [0, 0.05) is 26.8 Å². The molecule has 2 rings (SSSR count). The van der Waals surface area contributed by atoms with Crippen molar-refractivity contribution in [3.63, 3.8) is 0 Å². The van der Waals surface area contributed by atoms with Crippen LogP contribution in [0.3, 0.4) is 0 Å². The molecule has 0 aromatic carbocycles. The summed E-state index contributed by atoms with van der Waals surface area (Å²) in [5, 5.41) is 9.36. The summed E-state index contributed by atoms with van der Waals surface area (Å²) in [6, 6.07) is 0. The molecule has 3 atom stereocenters. The molecule has 1 heterocycles. The molecule has 2 aliphatic rings. The van der Waals surface area contributed by atoms with E-state index in [0.29, 0.717) is 18.3 Å². The van der Waals surface area contributed by atoms with Crippen LogP contribution in [0.1, 0.15) is 39.0 Å². The first kappa shape index (κ1) is 16.3. The van der Waals surface area contributed by atoms with Crippen LogP contribution >= 0.6 is 0 Å². The molecule has 3 unspecified atom stereocenters. The SMILES string of the molecule is CCC1CC(C(=O)O)C(C(=O)N(C)CC2CCOCC2)C1. The third kappa shape index (κ3) is 3.96. The molecule has 120 valence electrons. The third-order valence-electron chi connectivity index (χ3n) is 5.12. The fourth-order valence-electron chi connectivity index (χ4n) is 3.71. The van der Waals surface area contributed by atoms with Crippen LogP contribution in [0.25, 0.3) is 0 Å². The Morgan fingerprint density at radius 3 is 2.33 bits per heavy atom. The standard InChI is InChI=1S/C16H27NO4/c1-3-11-8-13(14(9-11)16(19)20)15(18)17(2)10-12-4-6-21-7-5-12/h11-14H,3-10H2,1-2H3,(H,19,20). The summed E-state index contributed by atoms with van der Waals surface area (Å²) in [6.45, 7) is 4.33. The Bertz CT molecular complexity index is 378. The first-order valence-electron chi connectivity index (χ1n) is 8.08. The van der Waals surface area contributed by atoms with Crippen LogP contribution in [0, 0.1) is 23.7 Å². The minimum atomic E-state index is -0.816. The average molecular weight is 297 g/mol. The number of carbonyl (C=O) groups is 2. The molecule has 1 saturated heterocycles. The molecule has 5 nitrogen and oxygen atoms in total. The highest BCUT2D eigenvalue weighted by Crippen LogP contribution is 2.39. The van der Waals surface area contributed by atoms with Crippen molar-refractivity contribution in [3.8, 4) is 0 Å². The van der Waals surface area contributed by atoms with Gasteiger partial charge in [0.2, 0.25) is 5.91 Å². The molecule has 1 N–H and O–H groups in total. The van der Waals surface area contributed by atoms with E-state index in [-0.39, 0.29) is 11.8 Å². The van der Waals surface area contributed by atoms with Gasteiger partial charge in [0.1, 0.15) is 0 Å². The highest BCUT2D eigenvalue weighted by Gasteiger charge is 2.43. The monoisotopic (exact) mass is 297 g/mol. The fourth-order valence-corrected chi connectivity index (χ4v) is 3.71. The van der Waals surface area contributed by atoms with Crippen molar-refractivity contribution in [2.45, 2.75) is 39.0 Å². The lowest BCUT2D eigenvalue weighted by molar-refractivity contribution is -0.148. The van der Waals surface area contributed by atoms with Crippen LogP contribution < -0.4 is 0 Å². The number of nitrogens with zero attached hydrogens (tertiary/aromatic N) is 1. The maximum atomic E-state index is 12.6. The average Bonchev–Trinajstić information content (AvgIpc) is 2.92. The van der Waals surface area contributed by atoms with Gasteiger partial charge < -0.3 is 14.7 Å². The molecule has 2 fully saturated rings. The second-order valence-electron chi connectivity index (χ2n) is 6.57. The van der Waals surface area contributed by atoms with E-state index in [1.165, 1.54) is 0 Å². The number of amides is 1. The van der Waals surface area contributed by atoms with E-state index in [4.69, 9.17) is 4.74 Å². The van der Waals surface area contributed by atoms with Gasteiger partial charge in [0.15, 0.2) is 0 Å². The Labute approximate surface area is 126 Å². The van der Waals surface area contributed by atoms with Gasteiger partial charge in [-0.3, -0.25) is 9.59 Å². The topological polar surface area (TPSA) is 66.8 Å². The smallest absolute Gasteiger partial charge is 0.307 e. The molecule has 1 saturated carbocycles. The number of rotatable bonds is 5. The molecule has 0 spiro atoms. The predicted molar refractivity (Wildman–Crippen MR) is 78.8 cm³/mol. The van der Waals surface area contributed by atoms with Crippen molar-refractivity contribution >= 4 is 11.9 Å². The Morgan fingerprint density at radius 2 is 1.76 bits per heavy atom. The van der Waals surface area contributed by atoms with Crippen molar-refractivity contribution in [1.29, 1.82) is 0 Å². The van der Waals surface area contributed by atoms with Gasteiger partial charge in [-0.15, -0.1) is 0 Å². The second-order valence-corrected chi connectivity index (χ2v) is 6.57. The van der Waals surface area contributed by atoms with Gasteiger partial charge in [0.05, 0.1) is 11.8 Å². The lowest BCUT2D eigenvalue weighted by atomic mass is 9.93. The van der Waals surface area contributed by atoms with Crippen LogP contribution in [0.15, 0.2) is 0 Å². The zero-order chi connectivity index (χ0) is 15.4. The van der Waals surface area contributed by atoms with Gasteiger partial charge in [-0.1, -0.05) is 13.3 Å². The Morgan fingerprint density at radius 1 is 1.14 bits per heavy atom. The summed E-state index contributed by atoms with van der Waals surface area (Å²) < 4.78 is 5.34. The fraction of sp³-hybridized carbons (Fsp3) is 0.875. The minimum Gasteiger partial charge on any atom is -0.481 e. The predicted octanol–water partition coefficient (Wildman–Crippen LogP) is 2.01. The molecule has 5 heteroatoms. The van der Waals surface area contributed by atoms with Crippen molar-refractivity contribution in [1.82, 2.24) is 4.90 Å². The number of ether oxygens (including phenoxy) is 1. The van der Waals surface area contributed by atoms with E-state index in [1.807, 2.05) is 7.05 Å². The number of aliphatic carboxylic acids is 1. The summed E-state index contributed by atoms with van der Waals surface area (Å²) >= 11 is 0. The highest BCUT2D eigenvalue weighted by molar-refractivity contribution is 5.85. The van der Waals surface area contributed by atoms with Gasteiger partial charge in [0.25, 0.3) is 0 Å². The third-order valence-corrected chi connectivity index (χ3v) is 5.12. The summed E-state index contributed by atoms with van der Waals surface area (Å²) in [5.41, 5.74) is 0. The maximum Gasteiger partial charge on any atom is 0.307 e. The summed E-state index contributed by atoms with van der Waals surface area (Å²) in [6.07, 6.45) is 4.31. The first-order chi connectivity index (χ1) is 10.0. The van der Waals surface area contributed by atoms with Crippen LogP contribution in [-0.2, 0) is 14.3 Å². The van der Waals surface area contributed by atoms with Crippen LogP contribution in [-0.4, -0.2) is 48.7 Å². The van der Waals surface area contributed by atoms with Crippen molar-refractivity contribution in [3.05, 3.63) is 0 Å². The molecular formula is C16H27NO4. The van der Waals surface area contributed by atoms with Crippen molar-refractivity contribution < 1.29 is 19.4 Å². The number of carbonyl (C=O) groups excluding carboxylic acids is 1. The number of hydrogen-bond donors (Lipinski definition) is 1. The van der Waals surface area contributed by atoms with Gasteiger partial charge in [-0.05, 0) is 37.5 Å². The molecule has 0 bridgehead atoms. The van der Waals surface area contributed by atoms with E-state index >= 15 is 0 Å². The molecule has 1 aliphatic carbocycles. The normalized spacial score (nSPS) is 30.3. The van der Waals surface area contributed by atoms with E-state index in [1.54, 1.807) is 4.90 Å². The van der Waals surface area contributed by atoms with Crippen LogP contribution in [0.2, 0.25) is 0 Å². The minimum absolute atomic E-state index is 0.0184. The van der Waals surface area contributed by atoms with Crippen LogP contribution in [0.4, 0.5) is 0 Å². The van der Waals surface area contributed by atoms with E-state index < -0.39 is 11.9 Å². The van der Waals surface area contributed by atoms with E-state index in [9.17, 15) is 14.7 Å². The van der Waals surface area contributed by atoms with Crippen molar-refractivity contribution in [2.24, 2.45) is 23.7 Å². The second kappa shape index (κ2) is 7.25. The zero-order valence-electron chi connectivity index (χ0n) is 13.1. The van der Waals surface area contributed by atoms with Crippen molar-refractivity contribution in [2.75, 3.05) is 26.8 Å². The van der Waals surface area contributed by atoms with Gasteiger partial charge in [-0.25, -0.2) is 0 Å².